The van der Waals surface area contributed by atoms with Crippen molar-refractivity contribution in [1.82, 2.24) is 15.1 Å². The minimum absolute atomic E-state index is 0.267. The zero-order valence-corrected chi connectivity index (χ0v) is 12.0. The Morgan fingerprint density at radius 2 is 2.00 bits per heavy atom. The van der Waals surface area contributed by atoms with Gasteiger partial charge in [0.25, 0.3) is 0 Å². The van der Waals surface area contributed by atoms with Crippen LogP contribution in [0.25, 0.3) is 0 Å². The SMILES string of the molecule is CC1CN(CCC(=O)N2CCNCC2)C(C)(C)C1. The van der Waals surface area contributed by atoms with Crippen molar-refractivity contribution < 1.29 is 4.79 Å². The normalized spacial score (nSPS) is 28.6. The van der Waals surface area contributed by atoms with Crippen molar-refractivity contribution in [1.29, 1.82) is 0 Å². The molecule has 2 saturated heterocycles. The third kappa shape index (κ3) is 3.23. The molecule has 2 aliphatic heterocycles. The van der Waals surface area contributed by atoms with Gasteiger partial charge in [0.1, 0.15) is 0 Å². The van der Waals surface area contributed by atoms with Gasteiger partial charge in [0.2, 0.25) is 5.91 Å². The minimum atomic E-state index is 0.267. The summed E-state index contributed by atoms with van der Waals surface area (Å²) >= 11 is 0. The topological polar surface area (TPSA) is 35.6 Å². The fourth-order valence-electron chi connectivity index (χ4n) is 3.37. The summed E-state index contributed by atoms with van der Waals surface area (Å²) in [6.07, 6.45) is 1.92. The Morgan fingerprint density at radius 1 is 1.33 bits per heavy atom. The standard InChI is InChI=1S/C14H27N3O/c1-12-10-14(2,3)17(11-12)7-4-13(18)16-8-5-15-6-9-16/h12,15H,4-11H2,1-3H3. The van der Waals surface area contributed by atoms with Crippen molar-refractivity contribution in [2.75, 3.05) is 39.3 Å². The highest BCUT2D eigenvalue weighted by Crippen LogP contribution is 2.32. The molecule has 1 amide bonds. The Morgan fingerprint density at radius 3 is 2.56 bits per heavy atom. The van der Waals surface area contributed by atoms with Gasteiger partial charge in [-0.25, -0.2) is 0 Å². The average molecular weight is 253 g/mol. The second kappa shape index (κ2) is 5.57. The van der Waals surface area contributed by atoms with Gasteiger partial charge in [-0.3, -0.25) is 9.69 Å². The van der Waals surface area contributed by atoms with Gasteiger partial charge < -0.3 is 10.2 Å². The van der Waals surface area contributed by atoms with Gasteiger partial charge in [-0.2, -0.15) is 0 Å². The number of hydrogen-bond acceptors (Lipinski definition) is 3. The average Bonchev–Trinajstić information content (AvgIpc) is 2.60. The van der Waals surface area contributed by atoms with Crippen LogP contribution in [0.4, 0.5) is 0 Å². The van der Waals surface area contributed by atoms with E-state index in [9.17, 15) is 4.79 Å². The number of rotatable bonds is 3. The first kappa shape index (κ1) is 13.8. The number of amides is 1. The molecule has 4 heteroatoms. The Kier molecular flexibility index (Phi) is 4.28. The molecule has 0 aromatic rings. The Labute approximate surface area is 111 Å². The van der Waals surface area contributed by atoms with E-state index in [0.717, 1.165) is 45.2 Å². The zero-order valence-electron chi connectivity index (χ0n) is 12.0. The van der Waals surface area contributed by atoms with Gasteiger partial charge in [-0.1, -0.05) is 6.92 Å². The molecule has 2 rings (SSSR count). The lowest BCUT2D eigenvalue weighted by Crippen LogP contribution is -2.47. The van der Waals surface area contributed by atoms with Crippen molar-refractivity contribution in [3.63, 3.8) is 0 Å². The van der Waals surface area contributed by atoms with Crippen LogP contribution >= 0.6 is 0 Å². The second-order valence-electron chi connectivity index (χ2n) is 6.45. The van der Waals surface area contributed by atoms with Gasteiger partial charge in [-0.15, -0.1) is 0 Å². The molecular formula is C14H27N3O. The van der Waals surface area contributed by atoms with E-state index in [2.05, 4.69) is 31.0 Å². The number of hydrogen-bond donors (Lipinski definition) is 1. The van der Waals surface area contributed by atoms with Crippen molar-refractivity contribution in [3.8, 4) is 0 Å². The number of nitrogens with one attached hydrogen (secondary N) is 1. The molecule has 1 unspecified atom stereocenters. The predicted molar refractivity (Wildman–Crippen MR) is 73.5 cm³/mol. The minimum Gasteiger partial charge on any atom is -0.340 e. The maximum absolute atomic E-state index is 12.1. The van der Waals surface area contributed by atoms with Crippen LogP contribution < -0.4 is 5.32 Å². The maximum Gasteiger partial charge on any atom is 0.223 e. The second-order valence-corrected chi connectivity index (χ2v) is 6.45. The van der Waals surface area contributed by atoms with Gasteiger partial charge >= 0.3 is 0 Å². The molecule has 104 valence electrons. The van der Waals surface area contributed by atoms with Gasteiger partial charge in [0.15, 0.2) is 0 Å². The number of nitrogens with zero attached hydrogens (tertiary/aromatic N) is 2. The molecule has 2 fully saturated rings. The van der Waals surface area contributed by atoms with Crippen LogP contribution in [0.5, 0.6) is 0 Å². The highest BCUT2D eigenvalue weighted by molar-refractivity contribution is 5.76. The summed E-state index contributed by atoms with van der Waals surface area (Å²) in [5.74, 6) is 1.08. The maximum atomic E-state index is 12.1. The van der Waals surface area contributed by atoms with Crippen molar-refractivity contribution in [2.45, 2.75) is 39.2 Å². The molecule has 1 N–H and O–H groups in total. The molecule has 2 aliphatic rings. The zero-order chi connectivity index (χ0) is 13.2. The number of carbonyl (C=O) groups is 1. The molecule has 0 saturated carbocycles. The van der Waals surface area contributed by atoms with E-state index in [-0.39, 0.29) is 5.54 Å². The summed E-state index contributed by atoms with van der Waals surface area (Å²) in [6.45, 7) is 12.6. The van der Waals surface area contributed by atoms with Gasteiger partial charge in [-0.05, 0) is 26.2 Å². The Balaban J connectivity index is 1.78. The molecule has 4 nitrogen and oxygen atoms in total. The molecule has 0 spiro atoms. The Bertz CT molecular complexity index is 297. The number of piperazine rings is 1. The first-order valence-corrected chi connectivity index (χ1v) is 7.22. The molecule has 0 aliphatic carbocycles. The molecule has 0 bridgehead atoms. The fraction of sp³-hybridized carbons (Fsp3) is 0.929. The highest BCUT2D eigenvalue weighted by atomic mass is 16.2. The summed E-state index contributed by atoms with van der Waals surface area (Å²) in [4.78, 5) is 16.6. The lowest BCUT2D eigenvalue weighted by atomic mass is 9.97. The summed E-state index contributed by atoms with van der Waals surface area (Å²) in [5, 5.41) is 3.28. The highest BCUT2D eigenvalue weighted by Gasteiger charge is 2.36. The van der Waals surface area contributed by atoms with Crippen molar-refractivity contribution >= 4 is 5.91 Å². The van der Waals surface area contributed by atoms with Crippen LogP contribution in [0.1, 0.15) is 33.6 Å². The van der Waals surface area contributed by atoms with E-state index in [0.29, 0.717) is 12.3 Å². The quantitative estimate of drug-likeness (QED) is 0.813. The largest absolute Gasteiger partial charge is 0.340 e. The fourth-order valence-corrected chi connectivity index (χ4v) is 3.37. The van der Waals surface area contributed by atoms with E-state index < -0.39 is 0 Å². The molecule has 0 aromatic carbocycles. The van der Waals surface area contributed by atoms with Gasteiger partial charge in [0.05, 0.1) is 0 Å². The van der Waals surface area contributed by atoms with Crippen LogP contribution in [-0.4, -0.2) is 60.5 Å². The molecule has 18 heavy (non-hydrogen) atoms. The third-order valence-electron chi connectivity index (χ3n) is 4.30. The molecule has 2 heterocycles. The predicted octanol–water partition coefficient (Wildman–Crippen LogP) is 0.929. The summed E-state index contributed by atoms with van der Waals surface area (Å²) in [7, 11) is 0. The molecule has 1 atom stereocenters. The van der Waals surface area contributed by atoms with Crippen LogP contribution in [0.2, 0.25) is 0 Å². The van der Waals surface area contributed by atoms with Crippen molar-refractivity contribution in [2.24, 2.45) is 5.92 Å². The lowest BCUT2D eigenvalue weighted by molar-refractivity contribution is -0.132. The Hall–Kier alpha value is -0.610. The monoisotopic (exact) mass is 253 g/mol. The summed E-state index contributed by atoms with van der Waals surface area (Å²) in [6, 6.07) is 0. The number of likely N-dealkylation sites (tertiary alicyclic amines) is 1. The lowest BCUT2D eigenvalue weighted by Gasteiger charge is -2.33. The molecular weight excluding hydrogens is 226 g/mol. The molecule has 0 aromatic heterocycles. The number of carbonyl (C=O) groups excluding carboxylic acids is 1. The summed E-state index contributed by atoms with van der Waals surface area (Å²) < 4.78 is 0. The van der Waals surface area contributed by atoms with E-state index in [1.807, 2.05) is 4.90 Å². The molecule has 0 radical (unpaired) electrons. The van der Waals surface area contributed by atoms with Crippen molar-refractivity contribution in [3.05, 3.63) is 0 Å². The summed E-state index contributed by atoms with van der Waals surface area (Å²) in [5.41, 5.74) is 0.267. The van der Waals surface area contributed by atoms with E-state index in [4.69, 9.17) is 0 Å². The first-order chi connectivity index (χ1) is 8.49. The van der Waals surface area contributed by atoms with E-state index >= 15 is 0 Å². The van der Waals surface area contributed by atoms with Crippen LogP contribution in [0.15, 0.2) is 0 Å². The first-order valence-electron chi connectivity index (χ1n) is 7.22. The van der Waals surface area contributed by atoms with Gasteiger partial charge in [0, 0.05) is 51.2 Å². The van der Waals surface area contributed by atoms with Crippen LogP contribution in [0.3, 0.4) is 0 Å². The van der Waals surface area contributed by atoms with E-state index in [1.54, 1.807) is 0 Å². The smallest absolute Gasteiger partial charge is 0.223 e. The van der Waals surface area contributed by atoms with Crippen LogP contribution in [-0.2, 0) is 4.79 Å². The third-order valence-corrected chi connectivity index (χ3v) is 4.30. The van der Waals surface area contributed by atoms with E-state index in [1.165, 1.54) is 6.42 Å². The van der Waals surface area contributed by atoms with Crippen LogP contribution in [0, 0.1) is 5.92 Å².